The standard InChI is InChI=1S/C17H17N5O2S/c23-16(7-8-19-17(24)15-6-3-9-25-15)21-14-5-2-1-4-13(14)10-22-12-18-11-20-22/h1-6,9,11-12H,7-8,10H2,(H,19,24)(H,21,23). The molecule has 0 aliphatic rings. The first-order chi connectivity index (χ1) is 12.2. The lowest BCUT2D eigenvalue weighted by Gasteiger charge is -2.11. The lowest BCUT2D eigenvalue weighted by atomic mass is 10.1. The van der Waals surface area contributed by atoms with E-state index in [9.17, 15) is 9.59 Å². The van der Waals surface area contributed by atoms with Crippen LogP contribution >= 0.6 is 11.3 Å². The summed E-state index contributed by atoms with van der Waals surface area (Å²) in [5.74, 6) is -0.313. The molecule has 3 aromatic rings. The first kappa shape index (κ1) is 16.8. The Balaban J connectivity index is 1.52. The summed E-state index contributed by atoms with van der Waals surface area (Å²) < 4.78 is 1.69. The zero-order valence-electron chi connectivity index (χ0n) is 13.4. The molecule has 25 heavy (non-hydrogen) atoms. The first-order valence-electron chi connectivity index (χ1n) is 7.74. The van der Waals surface area contributed by atoms with E-state index in [4.69, 9.17) is 0 Å². The fraction of sp³-hybridized carbons (Fsp3) is 0.176. The van der Waals surface area contributed by atoms with Gasteiger partial charge in [0.05, 0.1) is 11.4 Å². The third kappa shape index (κ3) is 4.74. The molecule has 0 saturated heterocycles. The number of anilines is 1. The molecule has 1 aromatic carbocycles. The molecule has 0 atom stereocenters. The zero-order valence-corrected chi connectivity index (χ0v) is 14.2. The van der Waals surface area contributed by atoms with Crippen molar-refractivity contribution >= 4 is 28.8 Å². The Morgan fingerprint density at radius 3 is 2.80 bits per heavy atom. The predicted octanol–water partition coefficient (Wildman–Crippen LogP) is 2.15. The minimum Gasteiger partial charge on any atom is -0.351 e. The molecule has 2 N–H and O–H groups in total. The summed E-state index contributed by atoms with van der Waals surface area (Å²) in [4.78, 5) is 28.5. The fourth-order valence-corrected chi connectivity index (χ4v) is 2.91. The highest BCUT2D eigenvalue weighted by atomic mass is 32.1. The van der Waals surface area contributed by atoms with Crippen molar-refractivity contribution in [2.24, 2.45) is 0 Å². The maximum absolute atomic E-state index is 12.1. The number of thiophene rings is 1. The van der Waals surface area contributed by atoms with Crippen LogP contribution in [0.2, 0.25) is 0 Å². The molecule has 0 fully saturated rings. The molecule has 0 unspecified atom stereocenters. The summed E-state index contributed by atoms with van der Waals surface area (Å²) in [6.07, 6.45) is 3.30. The maximum Gasteiger partial charge on any atom is 0.261 e. The van der Waals surface area contributed by atoms with Crippen LogP contribution in [0.25, 0.3) is 0 Å². The number of nitrogens with zero attached hydrogens (tertiary/aromatic N) is 3. The van der Waals surface area contributed by atoms with Crippen molar-refractivity contribution < 1.29 is 9.59 Å². The van der Waals surface area contributed by atoms with Crippen LogP contribution in [-0.2, 0) is 11.3 Å². The van der Waals surface area contributed by atoms with E-state index < -0.39 is 0 Å². The van der Waals surface area contributed by atoms with Crippen LogP contribution in [0.15, 0.2) is 54.4 Å². The third-order valence-electron chi connectivity index (χ3n) is 3.47. The molecule has 7 nitrogen and oxygen atoms in total. The Morgan fingerprint density at radius 2 is 2.04 bits per heavy atom. The average Bonchev–Trinajstić information content (AvgIpc) is 3.30. The zero-order chi connectivity index (χ0) is 17.5. The normalized spacial score (nSPS) is 10.4. The Morgan fingerprint density at radius 1 is 1.16 bits per heavy atom. The number of rotatable bonds is 7. The van der Waals surface area contributed by atoms with Gasteiger partial charge >= 0.3 is 0 Å². The van der Waals surface area contributed by atoms with Crippen molar-refractivity contribution in [3.63, 3.8) is 0 Å². The van der Waals surface area contributed by atoms with Gasteiger partial charge in [-0.15, -0.1) is 11.3 Å². The van der Waals surface area contributed by atoms with Crippen molar-refractivity contribution in [3.05, 3.63) is 64.9 Å². The fourth-order valence-electron chi connectivity index (χ4n) is 2.27. The highest BCUT2D eigenvalue weighted by Gasteiger charge is 2.09. The number of carbonyl (C=O) groups excluding carboxylic acids is 2. The average molecular weight is 355 g/mol. The van der Waals surface area contributed by atoms with Crippen LogP contribution in [0.1, 0.15) is 21.7 Å². The van der Waals surface area contributed by atoms with Crippen LogP contribution in [0.3, 0.4) is 0 Å². The Labute approximate surface area is 148 Å². The van der Waals surface area contributed by atoms with E-state index in [1.807, 2.05) is 35.7 Å². The number of carbonyl (C=O) groups is 2. The van der Waals surface area contributed by atoms with Gasteiger partial charge in [0, 0.05) is 18.7 Å². The molecule has 0 bridgehead atoms. The predicted molar refractivity (Wildman–Crippen MR) is 95.5 cm³/mol. The van der Waals surface area contributed by atoms with Gasteiger partial charge in [0.25, 0.3) is 5.91 Å². The lowest BCUT2D eigenvalue weighted by Crippen LogP contribution is -2.27. The van der Waals surface area contributed by atoms with Gasteiger partial charge in [-0.1, -0.05) is 24.3 Å². The van der Waals surface area contributed by atoms with E-state index >= 15 is 0 Å². The molecule has 128 valence electrons. The minimum absolute atomic E-state index is 0.155. The monoisotopic (exact) mass is 355 g/mol. The van der Waals surface area contributed by atoms with Crippen molar-refractivity contribution in [1.82, 2.24) is 20.1 Å². The van der Waals surface area contributed by atoms with Crippen molar-refractivity contribution in [1.29, 1.82) is 0 Å². The molecule has 0 radical (unpaired) electrons. The number of amides is 2. The van der Waals surface area contributed by atoms with Gasteiger partial charge in [0.1, 0.15) is 12.7 Å². The number of aromatic nitrogens is 3. The summed E-state index contributed by atoms with van der Waals surface area (Å²) in [7, 11) is 0. The minimum atomic E-state index is -0.158. The summed E-state index contributed by atoms with van der Waals surface area (Å²) in [5, 5.41) is 11.5. The summed E-state index contributed by atoms with van der Waals surface area (Å²) in [6.45, 7) is 0.805. The van der Waals surface area contributed by atoms with Gasteiger partial charge in [0.15, 0.2) is 0 Å². The van der Waals surface area contributed by atoms with E-state index in [2.05, 4.69) is 20.7 Å². The van der Waals surface area contributed by atoms with E-state index in [0.29, 0.717) is 11.4 Å². The lowest BCUT2D eigenvalue weighted by molar-refractivity contribution is -0.116. The van der Waals surface area contributed by atoms with Crippen LogP contribution in [0.5, 0.6) is 0 Å². The van der Waals surface area contributed by atoms with E-state index in [1.165, 1.54) is 17.7 Å². The second kappa shape index (κ2) is 8.20. The molecule has 0 saturated carbocycles. The quantitative estimate of drug-likeness (QED) is 0.680. The SMILES string of the molecule is O=C(CCNC(=O)c1cccs1)Nc1ccccc1Cn1cncn1. The van der Waals surface area contributed by atoms with E-state index in [-0.39, 0.29) is 24.8 Å². The number of nitrogens with one attached hydrogen (secondary N) is 2. The molecular weight excluding hydrogens is 338 g/mol. The highest BCUT2D eigenvalue weighted by molar-refractivity contribution is 7.12. The molecule has 2 aromatic heterocycles. The molecule has 2 heterocycles. The maximum atomic E-state index is 12.1. The van der Waals surface area contributed by atoms with Gasteiger partial charge in [-0.25, -0.2) is 9.67 Å². The van der Waals surface area contributed by atoms with Gasteiger partial charge in [-0.3, -0.25) is 9.59 Å². The van der Waals surface area contributed by atoms with E-state index in [1.54, 1.807) is 17.1 Å². The van der Waals surface area contributed by atoms with Crippen LogP contribution in [0, 0.1) is 0 Å². The van der Waals surface area contributed by atoms with Crippen molar-refractivity contribution in [3.8, 4) is 0 Å². The highest BCUT2D eigenvalue weighted by Crippen LogP contribution is 2.16. The molecule has 0 spiro atoms. The second-order valence-corrected chi connectivity index (χ2v) is 6.23. The van der Waals surface area contributed by atoms with Gasteiger partial charge in [0.2, 0.25) is 5.91 Å². The summed E-state index contributed by atoms with van der Waals surface area (Å²) >= 11 is 1.37. The summed E-state index contributed by atoms with van der Waals surface area (Å²) in [5.41, 5.74) is 1.66. The Bertz CT molecular complexity index is 831. The molecule has 0 aliphatic heterocycles. The topological polar surface area (TPSA) is 88.9 Å². The molecular formula is C17H17N5O2S. The van der Waals surface area contributed by atoms with Gasteiger partial charge in [-0.05, 0) is 23.1 Å². The van der Waals surface area contributed by atoms with Crippen LogP contribution < -0.4 is 10.6 Å². The smallest absolute Gasteiger partial charge is 0.261 e. The van der Waals surface area contributed by atoms with Crippen LogP contribution in [-0.4, -0.2) is 33.1 Å². The Kier molecular flexibility index (Phi) is 5.53. The summed E-state index contributed by atoms with van der Waals surface area (Å²) in [6, 6.07) is 11.1. The first-order valence-corrected chi connectivity index (χ1v) is 8.62. The molecule has 0 aliphatic carbocycles. The largest absolute Gasteiger partial charge is 0.351 e. The molecule has 8 heteroatoms. The third-order valence-corrected chi connectivity index (χ3v) is 4.34. The number of hydrogen-bond donors (Lipinski definition) is 2. The van der Waals surface area contributed by atoms with Crippen molar-refractivity contribution in [2.45, 2.75) is 13.0 Å². The number of benzene rings is 1. The van der Waals surface area contributed by atoms with Crippen LogP contribution in [0.4, 0.5) is 5.69 Å². The van der Waals surface area contributed by atoms with E-state index in [0.717, 1.165) is 11.3 Å². The Hall–Kier alpha value is -3.00. The van der Waals surface area contributed by atoms with Gasteiger partial charge in [-0.2, -0.15) is 5.10 Å². The molecule has 3 rings (SSSR count). The second-order valence-electron chi connectivity index (χ2n) is 5.28. The number of para-hydroxylation sites is 1. The molecule has 2 amide bonds. The van der Waals surface area contributed by atoms with Crippen molar-refractivity contribution in [2.75, 3.05) is 11.9 Å². The van der Waals surface area contributed by atoms with Gasteiger partial charge < -0.3 is 10.6 Å². The number of hydrogen-bond acceptors (Lipinski definition) is 5.